The normalized spacial score (nSPS) is 11.8. The van der Waals surface area contributed by atoms with Gasteiger partial charge in [-0.15, -0.1) is 0 Å². The van der Waals surface area contributed by atoms with E-state index < -0.39 is 0 Å². The molecule has 0 N–H and O–H groups in total. The topological polar surface area (TPSA) is 44.8 Å². The Morgan fingerprint density at radius 1 is 0.471 bits per heavy atom. The van der Waals surface area contributed by atoms with Crippen LogP contribution in [0.3, 0.4) is 0 Å². The Bertz CT molecular complexity index is 1270. The summed E-state index contributed by atoms with van der Waals surface area (Å²) in [5, 5.41) is 0. The molecule has 282 valence electrons. The molecule has 0 saturated heterocycles. The Hall–Kier alpha value is -3.11. The molecule has 4 heteroatoms. The van der Waals surface area contributed by atoms with Crippen molar-refractivity contribution >= 4 is 5.97 Å². The van der Waals surface area contributed by atoms with Crippen LogP contribution in [0.15, 0.2) is 72.8 Å². The van der Waals surface area contributed by atoms with E-state index in [4.69, 9.17) is 14.2 Å². The third kappa shape index (κ3) is 18.8. The number of benzene rings is 3. The highest BCUT2D eigenvalue weighted by Crippen LogP contribution is 2.26. The van der Waals surface area contributed by atoms with Gasteiger partial charge < -0.3 is 14.2 Å². The summed E-state index contributed by atoms with van der Waals surface area (Å²) >= 11 is 0. The molecule has 0 heterocycles. The molecule has 0 radical (unpaired) electrons. The van der Waals surface area contributed by atoms with E-state index in [1.165, 1.54) is 134 Å². The van der Waals surface area contributed by atoms with Crippen LogP contribution in [0.5, 0.6) is 11.5 Å². The average molecular weight is 699 g/mol. The number of carbonyl (C=O) groups excluding carboxylic acids is 1. The van der Waals surface area contributed by atoms with Gasteiger partial charge in [0.25, 0.3) is 0 Å². The molecule has 0 bridgehead atoms. The highest BCUT2D eigenvalue weighted by atomic mass is 16.5. The molecule has 1 atom stereocenters. The minimum Gasteiger partial charge on any atom is -0.494 e. The van der Waals surface area contributed by atoms with Crippen LogP contribution in [0.2, 0.25) is 0 Å². The number of rotatable bonds is 30. The summed E-state index contributed by atoms with van der Waals surface area (Å²) in [4.78, 5) is 12.8. The first-order valence-electron chi connectivity index (χ1n) is 20.9. The zero-order valence-electron chi connectivity index (χ0n) is 32.6. The Morgan fingerprint density at radius 3 is 1.33 bits per heavy atom. The van der Waals surface area contributed by atoms with E-state index >= 15 is 0 Å². The maximum atomic E-state index is 12.8. The first kappa shape index (κ1) is 42.3. The van der Waals surface area contributed by atoms with E-state index in [0.717, 1.165) is 36.3 Å². The number of hydrogen-bond acceptors (Lipinski definition) is 4. The van der Waals surface area contributed by atoms with Gasteiger partial charge in [0.05, 0.1) is 18.3 Å². The van der Waals surface area contributed by atoms with E-state index in [0.29, 0.717) is 17.9 Å². The zero-order chi connectivity index (χ0) is 36.2. The Morgan fingerprint density at radius 2 is 0.863 bits per heavy atom. The molecule has 0 fully saturated rings. The van der Waals surface area contributed by atoms with Gasteiger partial charge in [0.1, 0.15) is 11.5 Å². The lowest BCUT2D eigenvalue weighted by Crippen LogP contribution is -2.08. The predicted molar refractivity (Wildman–Crippen MR) is 216 cm³/mol. The van der Waals surface area contributed by atoms with Gasteiger partial charge >= 0.3 is 5.97 Å². The first-order chi connectivity index (χ1) is 25.1. The van der Waals surface area contributed by atoms with Crippen molar-refractivity contribution in [2.45, 2.75) is 168 Å². The largest absolute Gasteiger partial charge is 0.494 e. The quantitative estimate of drug-likeness (QED) is 0.0395. The summed E-state index contributed by atoms with van der Waals surface area (Å²) in [5.74, 6) is 0.946. The van der Waals surface area contributed by atoms with Gasteiger partial charge in [-0.2, -0.15) is 0 Å². The second-order valence-electron chi connectivity index (χ2n) is 14.5. The fourth-order valence-corrected chi connectivity index (χ4v) is 6.59. The molecule has 0 aliphatic rings. The van der Waals surface area contributed by atoms with Crippen molar-refractivity contribution in [1.29, 1.82) is 0 Å². The Labute approximate surface area is 312 Å². The average Bonchev–Trinajstić information content (AvgIpc) is 3.16. The summed E-state index contributed by atoms with van der Waals surface area (Å²) in [6.45, 7) is 8.21. The van der Waals surface area contributed by atoms with Crippen molar-refractivity contribution in [1.82, 2.24) is 0 Å². The van der Waals surface area contributed by atoms with Crippen LogP contribution in [0.1, 0.15) is 184 Å². The monoisotopic (exact) mass is 699 g/mol. The lowest BCUT2D eigenvalue weighted by atomic mass is 10.0. The number of esters is 1. The molecule has 3 rings (SSSR count). The number of ether oxygens (including phenoxy) is 3. The molecule has 3 aromatic rings. The minimum absolute atomic E-state index is 0.0818. The molecule has 0 aliphatic carbocycles. The van der Waals surface area contributed by atoms with Gasteiger partial charge in [0.2, 0.25) is 0 Å². The molecule has 0 amide bonds. The van der Waals surface area contributed by atoms with Crippen LogP contribution in [0.25, 0.3) is 11.1 Å². The molecule has 1 unspecified atom stereocenters. The molecule has 0 aliphatic heterocycles. The van der Waals surface area contributed by atoms with Crippen molar-refractivity contribution in [3.8, 4) is 22.6 Å². The summed E-state index contributed by atoms with van der Waals surface area (Å²) in [6.07, 6.45) is 29.5. The van der Waals surface area contributed by atoms with Gasteiger partial charge in [0.15, 0.2) is 0 Å². The summed E-state index contributed by atoms with van der Waals surface area (Å²) < 4.78 is 17.7. The molecule has 0 saturated carbocycles. The molecular weight excluding hydrogens is 629 g/mol. The lowest BCUT2D eigenvalue weighted by molar-refractivity contribution is 0.0627. The highest BCUT2D eigenvalue weighted by Gasteiger charge is 2.10. The van der Waals surface area contributed by atoms with Gasteiger partial charge in [-0.05, 0) is 72.9 Å². The van der Waals surface area contributed by atoms with E-state index in [1.54, 1.807) is 12.1 Å². The maximum absolute atomic E-state index is 12.8. The van der Waals surface area contributed by atoms with Crippen LogP contribution >= 0.6 is 0 Å². The molecule has 3 aromatic carbocycles. The second kappa shape index (κ2) is 27.5. The fraction of sp³-hybridized carbons (Fsp3) is 0.596. The van der Waals surface area contributed by atoms with Crippen molar-refractivity contribution in [3.63, 3.8) is 0 Å². The van der Waals surface area contributed by atoms with Gasteiger partial charge in [-0.25, -0.2) is 4.79 Å². The smallest absolute Gasteiger partial charge is 0.343 e. The Kier molecular flexibility index (Phi) is 22.8. The van der Waals surface area contributed by atoms with Crippen LogP contribution in [-0.4, -0.2) is 19.2 Å². The van der Waals surface area contributed by atoms with Crippen LogP contribution in [0, 0.1) is 0 Å². The van der Waals surface area contributed by atoms with Gasteiger partial charge in [0, 0.05) is 6.61 Å². The van der Waals surface area contributed by atoms with Crippen LogP contribution in [0.4, 0.5) is 0 Å². The minimum atomic E-state index is -0.371. The maximum Gasteiger partial charge on any atom is 0.343 e. The van der Waals surface area contributed by atoms with E-state index in [2.05, 4.69) is 45.0 Å². The lowest BCUT2D eigenvalue weighted by Gasteiger charge is -2.14. The number of hydrogen-bond donors (Lipinski definition) is 0. The van der Waals surface area contributed by atoms with Crippen LogP contribution in [-0.2, 0) is 4.74 Å². The SMILES string of the molecule is CCCCCCCCCCCCCCCCOC(C)c1ccc(-c2ccc(OC(=O)c3ccc(OCCCCCCCCCC)cc3)cc2)cc1. The van der Waals surface area contributed by atoms with Crippen molar-refractivity contribution in [2.24, 2.45) is 0 Å². The van der Waals surface area contributed by atoms with Gasteiger partial charge in [-0.3, -0.25) is 0 Å². The molecule has 51 heavy (non-hydrogen) atoms. The zero-order valence-corrected chi connectivity index (χ0v) is 32.6. The number of unbranched alkanes of at least 4 members (excludes halogenated alkanes) is 20. The molecule has 4 nitrogen and oxygen atoms in total. The van der Waals surface area contributed by atoms with Crippen molar-refractivity contribution in [3.05, 3.63) is 83.9 Å². The fourth-order valence-electron chi connectivity index (χ4n) is 6.59. The summed E-state index contributed by atoms with van der Waals surface area (Å²) in [6, 6.07) is 23.5. The van der Waals surface area contributed by atoms with Crippen LogP contribution < -0.4 is 9.47 Å². The standard InChI is InChI=1S/C47H70O4/c1-4-6-8-10-12-14-15-16-17-18-19-21-22-24-38-49-40(3)41-26-28-42(29-27-41)43-30-36-46(37-31-43)51-47(48)44-32-34-45(35-33-44)50-39-25-23-20-13-11-9-7-5-2/h26-37,40H,4-25,38-39H2,1-3H3. The molecule has 0 aromatic heterocycles. The van der Waals surface area contributed by atoms with E-state index in [9.17, 15) is 4.79 Å². The van der Waals surface area contributed by atoms with E-state index in [1.807, 2.05) is 36.4 Å². The summed E-state index contributed by atoms with van der Waals surface area (Å²) in [5.41, 5.74) is 3.91. The third-order valence-corrected chi connectivity index (χ3v) is 10.0. The Balaban J connectivity index is 1.26. The second-order valence-corrected chi connectivity index (χ2v) is 14.5. The van der Waals surface area contributed by atoms with E-state index in [-0.39, 0.29) is 12.1 Å². The third-order valence-electron chi connectivity index (χ3n) is 10.0. The highest BCUT2D eigenvalue weighted by molar-refractivity contribution is 5.91. The molecular formula is C47H70O4. The first-order valence-corrected chi connectivity index (χ1v) is 20.9. The van der Waals surface area contributed by atoms with Gasteiger partial charge in [-0.1, -0.05) is 179 Å². The predicted octanol–water partition coefficient (Wildman–Crippen LogP) is 14.7. The van der Waals surface area contributed by atoms with Crippen molar-refractivity contribution in [2.75, 3.05) is 13.2 Å². The number of carbonyl (C=O) groups is 1. The molecule has 0 spiro atoms. The summed E-state index contributed by atoms with van der Waals surface area (Å²) in [7, 11) is 0. The van der Waals surface area contributed by atoms with Crippen molar-refractivity contribution < 1.29 is 19.0 Å².